The van der Waals surface area contributed by atoms with Gasteiger partial charge in [-0.05, 0) is 49.6 Å². The minimum absolute atomic E-state index is 0.0624. The van der Waals surface area contributed by atoms with E-state index in [0.717, 1.165) is 49.5 Å². The summed E-state index contributed by atoms with van der Waals surface area (Å²) < 4.78 is 39.7. The fourth-order valence-corrected chi connectivity index (χ4v) is 4.71. The van der Waals surface area contributed by atoms with Gasteiger partial charge in [-0.3, -0.25) is 9.69 Å². The minimum Gasteiger partial charge on any atom is -0.494 e. The summed E-state index contributed by atoms with van der Waals surface area (Å²) >= 11 is 1.09. The molecule has 0 aliphatic carbocycles. The topological polar surface area (TPSA) is 51.7 Å². The molecule has 0 N–H and O–H groups in total. The molecule has 1 aliphatic rings. The van der Waals surface area contributed by atoms with Crippen LogP contribution in [0.3, 0.4) is 0 Å². The molecular weight excluding hydrogens is 434 g/mol. The number of nitrogens with zero attached hydrogens (tertiary/aromatic N) is 2. The first-order chi connectivity index (χ1) is 15.5. The van der Waals surface area contributed by atoms with Crippen LogP contribution in [0.5, 0.6) is 5.75 Å². The van der Waals surface area contributed by atoms with E-state index >= 15 is 0 Å². The number of amides is 1. The van der Waals surface area contributed by atoms with Crippen LogP contribution in [0.25, 0.3) is 10.2 Å². The lowest BCUT2D eigenvalue weighted by molar-refractivity contribution is 0.0917. The first kappa shape index (κ1) is 22.6. The van der Waals surface area contributed by atoms with Gasteiger partial charge in [-0.2, -0.15) is 0 Å². The summed E-state index contributed by atoms with van der Waals surface area (Å²) in [5, 5.41) is 0.324. The maximum atomic E-state index is 14.2. The molecule has 32 heavy (non-hydrogen) atoms. The number of benzene rings is 2. The highest BCUT2D eigenvalue weighted by Crippen LogP contribution is 2.33. The monoisotopic (exact) mass is 460 g/mol. The first-order valence-corrected chi connectivity index (χ1v) is 11.8. The van der Waals surface area contributed by atoms with Crippen molar-refractivity contribution in [2.45, 2.75) is 45.1 Å². The van der Waals surface area contributed by atoms with Crippen molar-refractivity contribution in [3.05, 3.63) is 53.6 Å². The highest BCUT2D eigenvalue weighted by molar-refractivity contribution is 7.22. The lowest BCUT2D eigenvalue weighted by Crippen LogP contribution is -2.37. The van der Waals surface area contributed by atoms with Crippen molar-refractivity contribution in [1.82, 2.24) is 4.98 Å². The number of carbonyl (C=O) groups is 1. The molecule has 1 saturated heterocycles. The van der Waals surface area contributed by atoms with E-state index in [2.05, 4.69) is 11.9 Å². The number of rotatable bonds is 9. The smallest absolute Gasteiger partial charge is 0.260 e. The number of unbranched alkanes of at least 4 members (excludes halogenated alkanes) is 2. The third-order valence-corrected chi connectivity index (χ3v) is 6.43. The van der Waals surface area contributed by atoms with E-state index in [4.69, 9.17) is 9.47 Å². The Balaban J connectivity index is 1.57. The molecule has 3 aromatic rings. The van der Waals surface area contributed by atoms with Crippen molar-refractivity contribution < 1.29 is 23.0 Å². The van der Waals surface area contributed by atoms with E-state index in [1.165, 1.54) is 11.0 Å². The van der Waals surface area contributed by atoms with Crippen molar-refractivity contribution in [1.29, 1.82) is 0 Å². The van der Waals surface area contributed by atoms with Crippen LogP contribution in [-0.2, 0) is 4.74 Å². The van der Waals surface area contributed by atoms with Gasteiger partial charge in [0, 0.05) is 18.2 Å². The standard InChI is InChI=1S/C24H26F2N2O3S/c1-2-3-4-11-30-18-9-7-16(8-10-18)23(29)28(15-19-6-5-12-31-19)24-27-22-20(26)13-17(25)14-21(22)32-24/h7-10,13-14,19H,2-6,11-12,15H2,1H3. The van der Waals surface area contributed by atoms with Crippen LogP contribution < -0.4 is 9.64 Å². The number of ether oxygens (including phenoxy) is 2. The van der Waals surface area contributed by atoms with Gasteiger partial charge >= 0.3 is 0 Å². The third kappa shape index (κ3) is 5.24. The molecule has 1 atom stereocenters. The van der Waals surface area contributed by atoms with Crippen LogP contribution in [0.2, 0.25) is 0 Å². The maximum Gasteiger partial charge on any atom is 0.260 e. The second-order valence-corrected chi connectivity index (χ2v) is 8.87. The molecule has 1 fully saturated rings. The summed E-state index contributed by atoms with van der Waals surface area (Å²) in [5.41, 5.74) is 0.530. The lowest BCUT2D eigenvalue weighted by Gasteiger charge is -2.23. The van der Waals surface area contributed by atoms with Crippen molar-refractivity contribution in [2.24, 2.45) is 0 Å². The normalized spacial score (nSPS) is 15.9. The minimum atomic E-state index is -0.739. The molecule has 0 bridgehead atoms. The summed E-state index contributed by atoms with van der Waals surface area (Å²) in [6.07, 6.45) is 4.87. The Morgan fingerprint density at radius 1 is 1.25 bits per heavy atom. The van der Waals surface area contributed by atoms with Crippen molar-refractivity contribution in [3.8, 4) is 5.75 Å². The molecule has 2 aromatic carbocycles. The van der Waals surface area contributed by atoms with Gasteiger partial charge < -0.3 is 9.47 Å². The molecule has 1 amide bonds. The van der Waals surface area contributed by atoms with Crippen LogP contribution >= 0.6 is 11.3 Å². The maximum absolute atomic E-state index is 14.2. The summed E-state index contributed by atoms with van der Waals surface area (Å²) in [5.74, 6) is -0.966. The molecule has 1 aromatic heterocycles. The molecule has 1 unspecified atom stereocenters. The van der Waals surface area contributed by atoms with Crippen LogP contribution in [0, 0.1) is 11.6 Å². The van der Waals surface area contributed by atoms with E-state index in [9.17, 15) is 13.6 Å². The fourth-order valence-electron chi connectivity index (χ4n) is 3.69. The Kier molecular flexibility index (Phi) is 7.32. The Morgan fingerprint density at radius 2 is 2.06 bits per heavy atom. The van der Waals surface area contributed by atoms with Gasteiger partial charge in [-0.25, -0.2) is 13.8 Å². The number of carbonyl (C=O) groups excluding carboxylic acids is 1. The molecule has 0 radical (unpaired) electrons. The molecule has 2 heterocycles. The van der Waals surface area contributed by atoms with Gasteiger partial charge in [0.25, 0.3) is 5.91 Å². The Labute approximate surface area is 190 Å². The van der Waals surface area contributed by atoms with Crippen LogP contribution in [0.15, 0.2) is 36.4 Å². The van der Waals surface area contributed by atoms with Gasteiger partial charge in [-0.1, -0.05) is 31.1 Å². The number of halogens is 2. The van der Waals surface area contributed by atoms with E-state index in [-0.39, 0.29) is 17.5 Å². The summed E-state index contributed by atoms with van der Waals surface area (Å²) in [6, 6.07) is 9.02. The average Bonchev–Trinajstić information content (AvgIpc) is 3.45. The first-order valence-electron chi connectivity index (χ1n) is 11.0. The second kappa shape index (κ2) is 10.4. The van der Waals surface area contributed by atoms with Gasteiger partial charge in [0.1, 0.15) is 17.1 Å². The zero-order valence-electron chi connectivity index (χ0n) is 18.0. The number of aromatic nitrogens is 1. The number of thiazole rings is 1. The molecule has 1 aliphatic heterocycles. The molecule has 8 heteroatoms. The average molecular weight is 461 g/mol. The van der Waals surface area contributed by atoms with Gasteiger partial charge in [0.05, 0.1) is 24.0 Å². The van der Waals surface area contributed by atoms with Gasteiger partial charge in [0.2, 0.25) is 0 Å². The fraction of sp³-hybridized carbons (Fsp3) is 0.417. The molecule has 0 saturated carbocycles. The molecule has 0 spiro atoms. The predicted octanol–water partition coefficient (Wildman–Crippen LogP) is 5.97. The molecule has 4 rings (SSSR count). The zero-order valence-corrected chi connectivity index (χ0v) is 18.8. The number of hydrogen-bond donors (Lipinski definition) is 0. The number of fused-ring (bicyclic) bond motifs is 1. The van der Waals surface area contributed by atoms with Crippen molar-refractivity contribution >= 4 is 32.6 Å². The molecule has 5 nitrogen and oxygen atoms in total. The molecule has 170 valence electrons. The van der Waals surface area contributed by atoms with Crippen LogP contribution in [-0.4, -0.2) is 36.8 Å². The van der Waals surface area contributed by atoms with Crippen LogP contribution in [0.1, 0.15) is 49.4 Å². The summed E-state index contributed by atoms with van der Waals surface area (Å²) in [4.78, 5) is 19.2. The summed E-state index contributed by atoms with van der Waals surface area (Å²) in [7, 11) is 0. The second-order valence-electron chi connectivity index (χ2n) is 7.86. The lowest BCUT2D eigenvalue weighted by atomic mass is 10.1. The Bertz CT molecular complexity index is 1070. The van der Waals surface area contributed by atoms with Gasteiger partial charge in [0.15, 0.2) is 10.9 Å². The Morgan fingerprint density at radius 3 is 2.78 bits per heavy atom. The number of hydrogen-bond acceptors (Lipinski definition) is 5. The van der Waals surface area contributed by atoms with Crippen molar-refractivity contribution in [2.75, 3.05) is 24.7 Å². The highest BCUT2D eigenvalue weighted by atomic mass is 32.1. The third-order valence-electron chi connectivity index (χ3n) is 5.41. The SMILES string of the molecule is CCCCCOc1ccc(C(=O)N(CC2CCCO2)c2nc3c(F)cc(F)cc3s2)cc1. The number of anilines is 1. The summed E-state index contributed by atoms with van der Waals surface area (Å²) in [6.45, 7) is 3.73. The van der Waals surface area contributed by atoms with Crippen molar-refractivity contribution in [3.63, 3.8) is 0 Å². The Hall–Kier alpha value is -2.58. The predicted molar refractivity (Wildman–Crippen MR) is 122 cm³/mol. The molecular formula is C24H26F2N2O3S. The highest BCUT2D eigenvalue weighted by Gasteiger charge is 2.27. The quantitative estimate of drug-likeness (QED) is 0.369. The largest absolute Gasteiger partial charge is 0.494 e. The zero-order chi connectivity index (χ0) is 22.5. The van der Waals surface area contributed by atoms with E-state index < -0.39 is 11.6 Å². The van der Waals surface area contributed by atoms with E-state index in [0.29, 0.717) is 40.9 Å². The van der Waals surface area contributed by atoms with Gasteiger partial charge in [-0.15, -0.1) is 0 Å². The van der Waals surface area contributed by atoms with E-state index in [1.54, 1.807) is 24.3 Å². The van der Waals surface area contributed by atoms with Crippen LogP contribution in [0.4, 0.5) is 13.9 Å². The van der Waals surface area contributed by atoms with E-state index in [1.807, 2.05) is 0 Å².